The Morgan fingerprint density at radius 1 is 1.23 bits per heavy atom. The second-order valence-corrected chi connectivity index (χ2v) is 4.66. The zero-order valence-electron chi connectivity index (χ0n) is 7.99. The number of thioether (sulfide) groups is 1. The van der Waals surface area contributed by atoms with Gasteiger partial charge in [0.25, 0.3) is 0 Å². The van der Waals surface area contributed by atoms with Crippen molar-refractivity contribution in [3.63, 3.8) is 0 Å². The molecule has 0 amide bonds. The lowest BCUT2D eigenvalue weighted by Crippen LogP contribution is -2.32. The molecule has 1 saturated heterocycles. The van der Waals surface area contributed by atoms with Crippen molar-refractivity contribution in [1.29, 1.82) is 0 Å². The van der Waals surface area contributed by atoms with Gasteiger partial charge in [-0.2, -0.15) is 11.8 Å². The van der Waals surface area contributed by atoms with Gasteiger partial charge in [-0.1, -0.05) is 12.1 Å². The molecule has 0 bridgehead atoms. The lowest BCUT2D eigenvalue weighted by Gasteiger charge is -2.28. The van der Waals surface area contributed by atoms with E-state index in [1.807, 2.05) is 0 Å². The summed E-state index contributed by atoms with van der Waals surface area (Å²) in [7, 11) is 0. The van der Waals surface area contributed by atoms with Crippen LogP contribution in [-0.4, -0.2) is 24.6 Å². The maximum Gasteiger partial charge on any atom is 0.0369 e. The molecule has 1 aliphatic rings. The Morgan fingerprint density at radius 3 is 2.69 bits per heavy atom. The molecule has 1 aromatic rings. The average Bonchev–Trinajstić information content (AvgIpc) is 2.19. The smallest absolute Gasteiger partial charge is 0.0369 e. The Morgan fingerprint density at radius 2 is 2.00 bits per heavy atom. The number of benzene rings is 1. The predicted octanol–water partition coefficient (Wildman–Crippen LogP) is 2.55. The fourth-order valence-electron chi connectivity index (χ4n) is 1.65. The van der Waals surface area contributed by atoms with Gasteiger partial charge in [0.1, 0.15) is 0 Å². The van der Waals surface area contributed by atoms with Crippen LogP contribution >= 0.6 is 11.8 Å². The van der Waals surface area contributed by atoms with Crippen LogP contribution in [0.4, 0.5) is 5.69 Å². The molecule has 1 aromatic carbocycles. The molecule has 0 aromatic heterocycles. The molecule has 0 spiro atoms. The van der Waals surface area contributed by atoms with Gasteiger partial charge in [-0.3, -0.25) is 0 Å². The fraction of sp³-hybridized carbons (Fsp3) is 0.455. The van der Waals surface area contributed by atoms with Crippen molar-refractivity contribution in [3.8, 4) is 0 Å². The van der Waals surface area contributed by atoms with Gasteiger partial charge in [0.15, 0.2) is 0 Å². The molecular weight excluding hydrogens is 178 g/mol. The van der Waals surface area contributed by atoms with Crippen molar-refractivity contribution >= 4 is 17.4 Å². The van der Waals surface area contributed by atoms with Crippen LogP contribution in [0.15, 0.2) is 24.3 Å². The van der Waals surface area contributed by atoms with Gasteiger partial charge in [0.2, 0.25) is 0 Å². The third-order valence-electron chi connectivity index (χ3n) is 2.38. The summed E-state index contributed by atoms with van der Waals surface area (Å²) in [6.45, 7) is 4.56. The minimum atomic E-state index is 1.20. The van der Waals surface area contributed by atoms with Crippen molar-refractivity contribution < 1.29 is 0 Å². The lowest BCUT2D eigenvalue weighted by molar-refractivity contribution is 0.858. The molecule has 1 nitrogen and oxygen atoms in total. The van der Waals surface area contributed by atoms with E-state index in [4.69, 9.17) is 0 Å². The number of aryl methyl sites for hydroxylation is 1. The largest absolute Gasteiger partial charge is 0.370 e. The van der Waals surface area contributed by atoms with E-state index in [0.717, 1.165) is 0 Å². The number of rotatable bonds is 1. The molecule has 1 heterocycles. The summed E-state index contributed by atoms with van der Waals surface area (Å²) in [5.41, 5.74) is 2.75. The Kier molecular flexibility index (Phi) is 2.79. The molecule has 0 unspecified atom stereocenters. The van der Waals surface area contributed by atoms with E-state index in [2.05, 4.69) is 47.9 Å². The van der Waals surface area contributed by atoms with Gasteiger partial charge < -0.3 is 4.90 Å². The topological polar surface area (TPSA) is 3.24 Å². The lowest BCUT2D eigenvalue weighted by atomic mass is 10.2. The van der Waals surface area contributed by atoms with Crippen LogP contribution < -0.4 is 4.90 Å². The molecule has 70 valence electrons. The molecule has 0 aliphatic carbocycles. The number of nitrogens with zero attached hydrogens (tertiary/aromatic N) is 1. The van der Waals surface area contributed by atoms with Gasteiger partial charge in [-0.25, -0.2) is 0 Å². The molecule has 1 aliphatic heterocycles. The van der Waals surface area contributed by atoms with Crippen LogP contribution in [0.2, 0.25) is 0 Å². The highest BCUT2D eigenvalue weighted by molar-refractivity contribution is 7.99. The minimum Gasteiger partial charge on any atom is -0.370 e. The van der Waals surface area contributed by atoms with Crippen LogP contribution in [0.25, 0.3) is 0 Å². The van der Waals surface area contributed by atoms with Gasteiger partial charge in [-0.15, -0.1) is 0 Å². The van der Waals surface area contributed by atoms with E-state index < -0.39 is 0 Å². The Bertz CT molecular complexity index is 279. The van der Waals surface area contributed by atoms with Crippen LogP contribution in [0.1, 0.15) is 5.56 Å². The summed E-state index contributed by atoms with van der Waals surface area (Å²) in [6.07, 6.45) is 0. The zero-order chi connectivity index (χ0) is 9.10. The van der Waals surface area contributed by atoms with Crippen molar-refractivity contribution in [1.82, 2.24) is 0 Å². The first-order valence-corrected chi connectivity index (χ1v) is 5.91. The SMILES string of the molecule is Cc1cccc(N2CCSCC2)c1. The molecule has 0 saturated carbocycles. The van der Waals surface area contributed by atoms with E-state index in [9.17, 15) is 0 Å². The summed E-state index contributed by atoms with van der Waals surface area (Å²) in [6, 6.07) is 8.79. The summed E-state index contributed by atoms with van der Waals surface area (Å²) in [4.78, 5) is 2.48. The van der Waals surface area contributed by atoms with E-state index >= 15 is 0 Å². The number of hydrogen-bond acceptors (Lipinski definition) is 2. The number of hydrogen-bond donors (Lipinski definition) is 0. The molecule has 0 atom stereocenters. The van der Waals surface area contributed by atoms with Gasteiger partial charge >= 0.3 is 0 Å². The minimum absolute atomic E-state index is 1.20. The quantitative estimate of drug-likeness (QED) is 0.674. The first-order chi connectivity index (χ1) is 6.36. The molecule has 13 heavy (non-hydrogen) atoms. The second-order valence-electron chi connectivity index (χ2n) is 3.44. The maximum absolute atomic E-state index is 2.48. The highest BCUT2D eigenvalue weighted by atomic mass is 32.2. The molecule has 0 radical (unpaired) electrons. The van der Waals surface area contributed by atoms with Gasteiger partial charge in [0.05, 0.1) is 0 Å². The van der Waals surface area contributed by atoms with E-state index in [0.29, 0.717) is 0 Å². The first kappa shape index (κ1) is 8.95. The van der Waals surface area contributed by atoms with Gasteiger partial charge in [-0.05, 0) is 24.6 Å². The van der Waals surface area contributed by atoms with E-state index in [-0.39, 0.29) is 0 Å². The normalized spacial score (nSPS) is 17.5. The maximum atomic E-state index is 2.48. The van der Waals surface area contributed by atoms with E-state index in [1.165, 1.54) is 35.8 Å². The Balaban J connectivity index is 2.14. The summed E-state index contributed by atoms with van der Waals surface area (Å²) < 4.78 is 0. The van der Waals surface area contributed by atoms with Crippen LogP contribution in [-0.2, 0) is 0 Å². The van der Waals surface area contributed by atoms with E-state index in [1.54, 1.807) is 0 Å². The van der Waals surface area contributed by atoms with Crippen LogP contribution in [0.3, 0.4) is 0 Å². The second kappa shape index (κ2) is 4.05. The van der Waals surface area contributed by atoms with Crippen molar-refractivity contribution in [2.45, 2.75) is 6.92 Å². The zero-order valence-corrected chi connectivity index (χ0v) is 8.81. The average molecular weight is 193 g/mol. The van der Waals surface area contributed by atoms with Crippen molar-refractivity contribution in [2.24, 2.45) is 0 Å². The predicted molar refractivity (Wildman–Crippen MR) is 60.7 cm³/mol. The summed E-state index contributed by atoms with van der Waals surface area (Å²) >= 11 is 2.06. The molecule has 2 rings (SSSR count). The summed E-state index contributed by atoms with van der Waals surface area (Å²) in [5.74, 6) is 2.54. The molecular formula is C11H15NS. The Labute approximate surface area is 84.1 Å². The first-order valence-electron chi connectivity index (χ1n) is 4.75. The highest BCUT2D eigenvalue weighted by Gasteiger charge is 2.10. The Hall–Kier alpha value is -0.630. The standard InChI is InChI=1S/C11H15NS/c1-10-3-2-4-11(9-10)12-5-7-13-8-6-12/h2-4,9H,5-8H2,1H3. The highest BCUT2D eigenvalue weighted by Crippen LogP contribution is 2.19. The van der Waals surface area contributed by atoms with Crippen molar-refractivity contribution in [2.75, 3.05) is 29.5 Å². The third-order valence-corrected chi connectivity index (χ3v) is 3.32. The molecule has 0 N–H and O–H groups in total. The van der Waals surface area contributed by atoms with Gasteiger partial charge in [0, 0.05) is 30.3 Å². The summed E-state index contributed by atoms with van der Waals surface area (Å²) in [5, 5.41) is 0. The molecule has 2 heteroatoms. The van der Waals surface area contributed by atoms with Crippen LogP contribution in [0, 0.1) is 6.92 Å². The van der Waals surface area contributed by atoms with Crippen molar-refractivity contribution in [3.05, 3.63) is 29.8 Å². The molecule has 1 fully saturated rings. The number of anilines is 1. The monoisotopic (exact) mass is 193 g/mol. The third kappa shape index (κ3) is 2.19. The fourth-order valence-corrected chi connectivity index (χ4v) is 2.55. The van der Waals surface area contributed by atoms with Crippen LogP contribution in [0.5, 0.6) is 0 Å².